The Morgan fingerprint density at radius 1 is 1.18 bits per heavy atom. The molecule has 22 heavy (non-hydrogen) atoms. The van der Waals surface area contributed by atoms with Gasteiger partial charge in [-0.25, -0.2) is 9.67 Å². The Labute approximate surface area is 132 Å². The fourth-order valence-electron chi connectivity index (χ4n) is 2.23. The first-order valence-electron chi connectivity index (χ1n) is 7.74. The molecule has 0 aliphatic carbocycles. The predicted molar refractivity (Wildman–Crippen MR) is 87.9 cm³/mol. The summed E-state index contributed by atoms with van der Waals surface area (Å²) in [6.45, 7) is 10.6. The third kappa shape index (κ3) is 4.07. The predicted octanol–water partition coefficient (Wildman–Crippen LogP) is 2.89. The molecule has 0 aliphatic heterocycles. The van der Waals surface area contributed by atoms with Crippen molar-refractivity contribution in [3.8, 4) is 5.75 Å². The first-order valence-corrected chi connectivity index (χ1v) is 7.74. The van der Waals surface area contributed by atoms with E-state index in [4.69, 9.17) is 4.74 Å². The van der Waals surface area contributed by atoms with E-state index in [0.29, 0.717) is 19.0 Å². The molecule has 0 aliphatic rings. The Morgan fingerprint density at radius 3 is 2.41 bits per heavy atom. The minimum absolute atomic E-state index is 0.155. The zero-order valence-electron chi connectivity index (χ0n) is 14.2. The van der Waals surface area contributed by atoms with Crippen LogP contribution in [0.25, 0.3) is 0 Å². The highest BCUT2D eigenvalue weighted by molar-refractivity contribution is 5.31. The van der Waals surface area contributed by atoms with Crippen LogP contribution in [-0.4, -0.2) is 21.8 Å². The minimum Gasteiger partial charge on any atom is -0.486 e. The minimum atomic E-state index is 0.155. The highest BCUT2D eigenvalue weighted by Gasteiger charge is 2.13. The number of nitrogens with one attached hydrogen (secondary N) is 1. The molecule has 5 heteroatoms. The quantitative estimate of drug-likeness (QED) is 0.891. The number of nitrogens with zero attached hydrogens (tertiary/aromatic N) is 3. The Hall–Kier alpha value is -1.88. The molecule has 2 aromatic rings. The van der Waals surface area contributed by atoms with E-state index in [0.717, 1.165) is 18.1 Å². The van der Waals surface area contributed by atoms with E-state index in [9.17, 15) is 0 Å². The van der Waals surface area contributed by atoms with Gasteiger partial charge >= 0.3 is 0 Å². The zero-order valence-corrected chi connectivity index (χ0v) is 14.2. The second-order valence-corrected chi connectivity index (χ2v) is 6.35. The molecule has 0 atom stereocenters. The molecule has 1 N–H and O–H groups in total. The summed E-state index contributed by atoms with van der Waals surface area (Å²) < 4.78 is 7.69. The normalized spacial score (nSPS) is 11.7. The van der Waals surface area contributed by atoms with Gasteiger partial charge in [-0.2, -0.15) is 5.10 Å². The lowest BCUT2D eigenvalue weighted by atomic mass is 9.87. The number of rotatable bonds is 6. The van der Waals surface area contributed by atoms with E-state index in [1.54, 1.807) is 0 Å². The van der Waals surface area contributed by atoms with Crippen molar-refractivity contribution in [1.29, 1.82) is 0 Å². The van der Waals surface area contributed by atoms with Crippen molar-refractivity contribution in [3.05, 3.63) is 41.5 Å². The Balaban J connectivity index is 2.01. The number of hydrogen-bond acceptors (Lipinski definition) is 4. The maximum Gasteiger partial charge on any atom is 0.188 e. The summed E-state index contributed by atoms with van der Waals surface area (Å²) >= 11 is 0. The van der Waals surface area contributed by atoms with Crippen LogP contribution in [0.2, 0.25) is 0 Å². The van der Waals surface area contributed by atoms with Crippen LogP contribution in [0.5, 0.6) is 5.75 Å². The van der Waals surface area contributed by atoms with Crippen molar-refractivity contribution in [2.75, 3.05) is 7.05 Å². The first kappa shape index (κ1) is 16.5. The van der Waals surface area contributed by atoms with Crippen molar-refractivity contribution in [3.63, 3.8) is 0 Å². The van der Waals surface area contributed by atoms with E-state index in [2.05, 4.69) is 55.2 Å². The molecule has 0 amide bonds. The number of aromatic nitrogens is 3. The maximum absolute atomic E-state index is 5.79. The van der Waals surface area contributed by atoms with Gasteiger partial charge in [0.2, 0.25) is 0 Å². The number of ether oxygens (including phenoxy) is 1. The van der Waals surface area contributed by atoms with E-state index in [1.807, 2.05) is 23.9 Å². The number of hydrogen-bond donors (Lipinski definition) is 1. The molecule has 0 spiro atoms. The van der Waals surface area contributed by atoms with Gasteiger partial charge in [-0.05, 0) is 37.1 Å². The lowest BCUT2D eigenvalue weighted by Gasteiger charge is -2.19. The monoisotopic (exact) mass is 302 g/mol. The zero-order chi connectivity index (χ0) is 16.2. The summed E-state index contributed by atoms with van der Waals surface area (Å²) in [5, 5.41) is 7.56. The van der Waals surface area contributed by atoms with Crippen molar-refractivity contribution < 1.29 is 4.74 Å². The van der Waals surface area contributed by atoms with Crippen LogP contribution < -0.4 is 10.1 Å². The topological polar surface area (TPSA) is 52.0 Å². The van der Waals surface area contributed by atoms with Gasteiger partial charge in [0.25, 0.3) is 0 Å². The molecule has 1 aromatic carbocycles. The standard InChI is InChI=1S/C17H26N4O/c1-6-21-16(11-18-5)19-15(20-21)12-22-14-9-7-13(8-10-14)17(2,3)4/h7-10,18H,6,11-12H2,1-5H3. The van der Waals surface area contributed by atoms with Gasteiger partial charge in [0.1, 0.15) is 18.2 Å². The van der Waals surface area contributed by atoms with Crippen LogP contribution in [0.3, 0.4) is 0 Å². The third-order valence-electron chi connectivity index (χ3n) is 3.51. The summed E-state index contributed by atoms with van der Waals surface area (Å²) in [6.07, 6.45) is 0. The van der Waals surface area contributed by atoms with Crippen molar-refractivity contribution in [1.82, 2.24) is 20.1 Å². The highest BCUT2D eigenvalue weighted by Crippen LogP contribution is 2.24. The average molecular weight is 302 g/mol. The SMILES string of the molecule is CCn1nc(COc2ccc(C(C)(C)C)cc2)nc1CNC. The first-order chi connectivity index (χ1) is 10.4. The summed E-state index contributed by atoms with van der Waals surface area (Å²) in [5.41, 5.74) is 1.45. The largest absolute Gasteiger partial charge is 0.486 e. The Bertz CT molecular complexity index is 596. The van der Waals surface area contributed by atoms with Crippen LogP contribution >= 0.6 is 0 Å². The van der Waals surface area contributed by atoms with Crippen LogP contribution in [0.15, 0.2) is 24.3 Å². The van der Waals surface area contributed by atoms with E-state index >= 15 is 0 Å². The van der Waals surface area contributed by atoms with Gasteiger partial charge in [-0.3, -0.25) is 0 Å². The van der Waals surface area contributed by atoms with Crippen molar-refractivity contribution >= 4 is 0 Å². The second-order valence-electron chi connectivity index (χ2n) is 6.35. The Kier molecular flexibility index (Phi) is 5.19. The number of benzene rings is 1. The molecule has 2 rings (SSSR count). The fraction of sp³-hybridized carbons (Fsp3) is 0.529. The van der Waals surface area contributed by atoms with Crippen LogP contribution in [-0.2, 0) is 25.1 Å². The molecular weight excluding hydrogens is 276 g/mol. The van der Waals surface area contributed by atoms with E-state index < -0.39 is 0 Å². The van der Waals surface area contributed by atoms with Gasteiger partial charge in [0.15, 0.2) is 5.82 Å². The summed E-state index contributed by atoms with van der Waals surface area (Å²) in [5.74, 6) is 2.50. The van der Waals surface area contributed by atoms with Gasteiger partial charge < -0.3 is 10.1 Å². The van der Waals surface area contributed by atoms with Crippen molar-refractivity contribution in [2.24, 2.45) is 0 Å². The smallest absolute Gasteiger partial charge is 0.188 e. The van der Waals surface area contributed by atoms with Crippen LogP contribution in [0.1, 0.15) is 44.9 Å². The molecule has 1 heterocycles. The molecule has 1 aromatic heterocycles. The lowest BCUT2D eigenvalue weighted by Crippen LogP contribution is -2.12. The molecule has 5 nitrogen and oxygen atoms in total. The van der Waals surface area contributed by atoms with Crippen molar-refractivity contribution in [2.45, 2.75) is 52.8 Å². The lowest BCUT2D eigenvalue weighted by molar-refractivity contribution is 0.295. The molecule has 0 radical (unpaired) electrons. The van der Waals surface area contributed by atoms with Gasteiger partial charge in [0.05, 0.1) is 6.54 Å². The van der Waals surface area contributed by atoms with E-state index in [1.165, 1.54) is 5.56 Å². The maximum atomic E-state index is 5.79. The van der Waals surface area contributed by atoms with Crippen LogP contribution in [0, 0.1) is 0 Å². The summed E-state index contributed by atoms with van der Waals surface area (Å²) in [4.78, 5) is 4.51. The van der Waals surface area contributed by atoms with Gasteiger partial charge in [-0.1, -0.05) is 32.9 Å². The third-order valence-corrected chi connectivity index (χ3v) is 3.51. The summed E-state index contributed by atoms with van der Waals surface area (Å²) in [6, 6.07) is 8.23. The second kappa shape index (κ2) is 6.92. The molecule has 0 bridgehead atoms. The van der Waals surface area contributed by atoms with Gasteiger partial charge in [-0.15, -0.1) is 0 Å². The fourth-order valence-corrected chi connectivity index (χ4v) is 2.23. The summed E-state index contributed by atoms with van der Waals surface area (Å²) in [7, 11) is 1.90. The average Bonchev–Trinajstić information content (AvgIpc) is 2.87. The van der Waals surface area contributed by atoms with Crippen LogP contribution in [0.4, 0.5) is 0 Å². The highest BCUT2D eigenvalue weighted by atomic mass is 16.5. The van der Waals surface area contributed by atoms with Gasteiger partial charge in [0, 0.05) is 6.54 Å². The molecular formula is C17H26N4O. The van der Waals surface area contributed by atoms with E-state index in [-0.39, 0.29) is 5.41 Å². The molecule has 0 fully saturated rings. The molecule has 0 saturated carbocycles. The Morgan fingerprint density at radius 2 is 1.86 bits per heavy atom. The molecule has 0 saturated heterocycles. The molecule has 120 valence electrons. The molecule has 0 unspecified atom stereocenters. The number of aryl methyl sites for hydroxylation is 1.